The highest BCUT2D eigenvalue weighted by Crippen LogP contribution is 2.31. The number of halogens is 3. The van der Waals surface area contributed by atoms with Gasteiger partial charge in [0.25, 0.3) is 5.91 Å². The first-order valence-electron chi connectivity index (χ1n) is 13.7. The van der Waals surface area contributed by atoms with Crippen molar-refractivity contribution < 1.29 is 27.8 Å². The first kappa shape index (κ1) is 30.7. The van der Waals surface area contributed by atoms with Crippen molar-refractivity contribution in [1.29, 1.82) is 0 Å². The van der Waals surface area contributed by atoms with Gasteiger partial charge < -0.3 is 15.2 Å². The van der Waals surface area contributed by atoms with Gasteiger partial charge in [-0.2, -0.15) is 4.90 Å². The van der Waals surface area contributed by atoms with Gasteiger partial charge in [-0.3, -0.25) is 9.20 Å². The fraction of sp³-hybridized carbons (Fsp3) is 0.182. The van der Waals surface area contributed by atoms with Crippen molar-refractivity contribution in [3.8, 4) is 5.75 Å². The molecule has 0 spiro atoms. The molecule has 226 valence electrons. The fourth-order valence-corrected chi connectivity index (χ4v) is 4.86. The van der Waals surface area contributed by atoms with E-state index in [9.17, 15) is 18.4 Å². The predicted octanol–water partition coefficient (Wildman–Crippen LogP) is 6.70. The summed E-state index contributed by atoms with van der Waals surface area (Å²) in [4.78, 5) is 33.0. The Morgan fingerprint density at radius 3 is 2.32 bits per heavy atom. The summed E-state index contributed by atoms with van der Waals surface area (Å²) in [7, 11) is 0. The number of ether oxygens (including phenoxy) is 2. The lowest BCUT2D eigenvalue weighted by molar-refractivity contribution is -0.119. The van der Waals surface area contributed by atoms with Crippen LogP contribution in [0.15, 0.2) is 85.1 Å². The maximum absolute atomic E-state index is 14.3. The molecule has 1 unspecified atom stereocenters. The fourth-order valence-electron chi connectivity index (χ4n) is 4.73. The van der Waals surface area contributed by atoms with E-state index in [0.29, 0.717) is 16.3 Å². The zero-order chi connectivity index (χ0) is 31.4. The number of carbonyl (C=O) groups excluding carboxylic acids is 2. The van der Waals surface area contributed by atoms with Gasteiger partial charge in [0.15, 0.2) is 17.2 Å². The normalized spacial score (nSPS) is 11.8. The van der Waals surface area contributed by atoms with Gasteiger partial charge in [0.1, 0.15) is 24.8 Å². The standard InChI is InChI=1S/C33H29ClF2N4O4/c1-20-15-29(43-19-25-26(35)9-6-10-27(25)36)30-38-21(2)31(39(30)17-20)40(33(42)44-18-23-7-4-3-5-8-23)32(41)28(37)16-22-11-13-24(34)14-12-22/h3-15,17,28H,16,18-19,37H2,1-2H3. The molecule has 2 heterocycles. The number of carbonyl (C=O) groups is 2. The molecule has 0 fully saturated rings. The minimum absolute atomic E-state index is 0.0900. The molecule has 0 saturated carbocycles. The minimum atomic E-state index is -1.13. The van der Waals surface area contributed by atoms with Crippen molar-refractivity contribution in [2.24, 2.45) is 5.73 Å². The van der Waals surface area contributed by atoms with Crippen LogP contribution in [-0.2, 0) is 29.2 Å². The molecular weight excluding hydrogens is 590 g/mol. The second kappa shape index (κ2) is 13.2. The topological polar surface area (TPSA) is 99.2 Å². The first-order valence-corrected chi connectivity index (χ1v) is 14.1. The predicted molar refractivity (Wildman–Crippen MR) is 163 cm³/mol. The second-order valence-corrected chi connectivity index (χ2v) is 10.7. The summed E-state index contributed by atoms with van der Waals surface area (Å²) in [5, 5.41) is 0.534. The smallest absolute Gasteiger partial charge is 0.422 e. The van der Waals surface area contributed by atoms with Gasteiger partial charge >= 0.3 is 6.09 Å². The summed E-state index contributed by atoms with van der Waals surface area (Å²) < 4.78 is 41.5. The van der Waals surface area contributed by atoms with Gasteiger partial charge in [-0.25, -0.2) is 18.6 Å². The van der Waals surface area contributed by atoms with E-state index in [1.807, 2.05) is 6.07 Å². The van der Waals surface area contributed by atoms with Crippen LogP contribution < -0.4 is 15.4 Å². The van der Waals surface area contributed by atoms with Crippen molar-refractivity contribution >= 4 is 35.1 Å². The number of imide groups is 1. The Labute approximate surface area is 257 Å². The molecule has 8 nitrogen and oxygen atoms in total. The lowest BCUT2D eigenvalue weighted by atomic mass is 10.1. The van der Waals surface area contributed by atoms with E-state index in [2.05, 4.69) is 4.98 Å². The van der Waals surface area contributed by atoms with Crippen molar-refractivity contribution in [1.82, 2.24) is 9.38 Å². The van der Waals surface area contributed by atoms with Crippen LogP contribution in [0.3, 0.4) is 0 Å². The number of hydrogen-bond donors (Lipinski definition) is 1. The van der Waals surface area contributed by atoms with Gasteiger partial charge in [-0.1, -0.05) is 60.1 Å². The highest BCUT2D eigenvalue weighted by atomic mass is 35.5. The molecule has 11 heteroatoms. The van der Waals surface area contributed by atoms with Crippen LogP contribution in [0.5, 0.6) is 5.75 Å². The monoisotopic (exact) mass is 618 g/mol. The Morgan fingerprint density at radius 2 is 1.64 bits per heavy atom. The maximum atomic E-state index is 14.3. The lowest BCUT2D eigenvalue weighted by Crippen LogP contribution is -2.49. The SMILES string of the molecule is Cc1cc(OCc2c(F)cccc2F)c2nc(C)c(N(C(=O)OCc3ccccc3)C(=O)C(N)Cc3ccc(Cl)cc3)n2c1. The molecule has 0 saturated heterocycles. The summed E-state index contributed by atoms with van der Waals surface area (Å²) in [5.41, 5.74) is 8.78. The molecule has 0 radical (unpaired) electrons. The summed E-state index contributed by atoms with van der Waals surface area (Å²) in [6.45, 7) is 2.88. The number of pyridine rings is 1. The number of aryl methyl sites for hydroxylation is 2. The zero-order valence-electron chi connectivity index (χ0n) is 24.0. The number of imidazole rings is 1. The van der Waals surface area contributed by atoms with E-state index in [1.165, 1.54) is 10.5 Å². The van der Waals surface area contributed by atoms with Crippen molar-refractivity contribution in [3.63, 3.8) is 0 Å². The van der Waals surface area contributed by atoms with Crippen LogP contribution in [0, 0.1) is 25.5 Å². The number of fused-ring (bicyclic) bond motifs is 1. The lowest BCUT2D eigenvalue weighted by Gasteiger charge is -2.24. The van der Waals surface area contributed by atoms with Crippen LogP contribution >= 0.6 is 11.6 Å². The summed E-state index contributed by atoms with van der Waals surface area (Å²) in [6.07, 6.45) is 0.833. The molecule has 0 aliphatic rings. The quantitative estimate of drug-likeness (QED) is 0.197. The van der Waals surface area contributed by atoms with E-state index in [-0.39, 0.29) is 35.8 Å². The van der Waals surface area contributed by atoms with E-state index in [1.54, 1.807) is 74.6 Å². The molecule has 3 aromatic carbocycles. The first-order chi connectivity index (χ1) is 21.1. The van der Waals surface area contributed by atoms with E-state index < -0.39 is 36.3 Å². The van der Waals surface area contributed by atoms with Gasteiger partial charge in [-0.05, 0) is 67.3 Å². The highest BCUT2D eigenvalue weighted by molar-refractivity contribution is 6.30. The van der Waals surface area contributed by atoms with Crippen molar-refractivity contribution in [3.05, 3.63) is 130 Å². The molecule has 1 atom stereocenters. The number of benzene rings is 3. The Morgan fingerprint density at radius 1 is 0.955 bits per heavy atom. The molecule has 0 aliphatic heterocycles. The Bertz CT molecular complexity index is 1790. The number of amides is 2. The number of hydrogen-bond acceptors (Lipinski definition) is 6. The van der Waals surface area contributed by atoms with Gasteiger partial charge in [0.2, 0.25) is 0 Å². The van der Waals surface area contributed by atoms with Crippen molar-refractivity contribution in [2.75, 3.05) is 4.90 Å². The summed E-state index contributed by atoms with van der Waals surface area (Å²) >= 11 is 6.00. The van der Waals surface area contributed by atoms with Crippen LogP contribution in [-0.4, -0.2) is 27.4 Å². The molecule has 44 heavy (non-hydrogen) atoms. The molecule has 5 rings (SSSR count). The van der Waals surface area contributed by atoms with Crippen molar-refractivity contribution in [2.45, 2.75) is 39.5 Å². The Kier molecular flexibility index (Phi) is 9.22. The number of nitrogens with two attached hydrogens (primary N) is 1. The molecule has 5 aromatic rings. The van der Waals surface area contributed by atoms with Crippen LogP contribution in [0.4, 0.5) is 19.4 Å². The summed E-state index contributed by atoms with van der Waals surface area (Å²) in [6, 6.07) is 20.0. The van der Waals surface area contributed by atoms with Gasteiger partial charge in [0.05, 0.1) is 17.3 Å². The van der Waals surface area contributed by atoms with Crippen LogP contribution in [0.2, 0.25) is 5.02 Å². The van der Waals surface area contributed by atoms with Crippen LogP contribution in [0.25, 0.3) is 5.65 Å². The summed E-state index contributed by atoms with van der Waals surface area (Å²) in [5.74, 6) is -1.93. The second-order valence-electron chi connectivity index (χ2n) is 10.2. The highest BCUT2D eigenvalue weighted by Gasteiger charge is 2.34. The number of anilines is 1. The third kappa shape index (κ3) is 6.72. The number of rotatable bonds is 9. The molecule has 0 bridgehead atoms. The van der Waals surface area contributed by atoms with E-state index >= 15 is 0 Å². The maximum Gasteiger partial charge on any atom is 0.422 e. The zero-order valence-corrected chi connectivity index (χ0v) is 24.7. The molecule has 0 aliphatic carbocycles. The molecule has 2 aromatic heterocycles. The minimum Gasteiger partial charge on any atom is -0.485 e. The molecular formula is C33H29ClF2N4O4. The largest absolute Gasteiger partial charge is 0.485 e. The average Bonchev–Trinajstić information content (AvgIpc) is 3.32. The number of aromatic nitrogens is 2. The number of nitrogens with zero attached hydrogens (tertiary/aromatic N) is 3. The third-order valence-electron chi connectivity index (χ3n) is 6.91. The Hall–Kier alpha value is -4.80. The van der Waals surface area contributed by atoms with Gasteiger partial charge in [0, 0.05) is 11.2 Å². The third-order valence-corrected chi connectivity index (χ3v) is 7.16. The van der Waals surface area contributed by atoms with E-state index in [4.69, 9.17) is 26.8 Å². The van der Waals surface area contributed by atoms with E-state index in [0.717, 1.165) is 28.2 Å². The van der Waals surface area contributed by atoms with Gasteiger partial charge in [-0.15, -0.1) is 0 Å². The Balaban J connectivity index is 1.52. The average molecular weight is 619 g/mol. The van der Waals surface area contributed by atoms with Crippen LogP contribution in [0.1, 0.15) is 27.9 Å². The molecule has 2 N–H and O–H groups in total. The molecule has 2 amide bonds.